The Labute approximate surface area is 103 Å². The molecule has 0 amide bonds. The van der Waals surface area contributed by atoms with E-state index in [-0.39, 0.29) is 6.04 Å². The van der Waals surface area contributed by atoms with Gasteiger partial charge in [0.05, 0.1) is 11.6 Å². The zero-order valence-corrected chi connectivity index (χ0v) is 10.1. The summed E-state index contributed by atoms with van der Waals surface area (Å²) in [6, 6.07) is 7.89. The number of hydrogen-bond donors (Lipinski definition) is 2. The van der Waals surface area contributed by atoms with E-state index in [1.807, 2.05) is 30.5 Å². The monoisotopic (exact) mass is 253 g/mol. The van der Waals surface area contributed by atoms with Crippen molar-refractivity contribution in [2.45, 2.75) is 12.5 Å². The first-order valence-electron chi connectivity index (χ1n) is 4.88. The minimum absolute atomic E-state index is 0.0889. The summed E-state index contributed by atoms with van der Waals surface area (Å²) < 4.78 is 0. The fourth-order valence-corrected chi connectivity index (χ4v) is 2.43. The van der Waals surface area contributed by atoms with Gasteiger partial charge < -0.3 is 0 Å². The lowest BCUT2D eigenvalue weighted by molar-refractivity contribution is 0.560. The van der Waals surface area contributed by atoms with Crippen molar-refractivity contribution in [3.05, 3.63) is 51.4 Å². The van der Waals surface area contributed by atoms with Gasteiger partial charge in [-0.25, -0.2) is 0 Å². The van der Waals surface area contributed by atoms with Crippen molar-refractivity contribution in [2.75, 3.05) is 0 Å². The molecule has 0 spiro atoms. The Hall–Kier alpha value is -0.940. The van der Waals surface area contributed by atoms with Crippen LogP contribution in [0.15, 0.2) is 36.0 Å². The second kappa shape index (κ2) is 5.41. The quantitative estimate of drug-likeness (QED) is 0.650. The van der Waals surface area contributed by atoms with E-state index >= 15 is 0 Å². The van der Waals surface area contributed by atoms with Crippen LogP contribution in [0.25, 0.3) is 0 Å². The Morgan fingerprint density at radius 3 is 3.00 bits per heavy atom. The number of hydrazine groups is 1. The van der Waals surface area contributed by atoms with Crippen molar-refractivity contribution in [3.8, 4) is 0 Å². The van der Waals surface area contributed by atoms with Gasteiger partial charge in [-0.1, -0.05) is 23.7 Å². The lowest BCUT2D eigenvalue weighted by Gasteiger charge is -2.13. The molecule has 1 heterocycles. The van der Waals surface area contributed by atoms with Crippen molar-refractivity contribution >= 4 is 22.9 Å². The molecule has 5 heteroatoms. The molecule has 1 aromatic heterocycles. The molecule has 0 radical (unpaired) electrons. The molecule has 0 aliphatic carbocycles. The van der Waals surface area contributed by atoms with E-state index in [1.54, 1.807) is 16.8 Å². The third-order valence-corrected chi connectivity index (χ3v) is 3.45. The van der Waals surface area contributed by atoms with Crippen LogP contribution in [0.4, 0.5) is 0 Å². The number of hydrogen-bond acceptors (Lipinski definition) is 4. The molecule has 2 rings (SSSR count). The summed E-state index contributed by atoms with van der Waals surface area (Å²) in [5, 5.41) is 0.748. The lowest BCUT2D eigenvalue weighted by Crippen LogP contribution is -2.28. The van der Waals surface area contributed by atoms with E-state index in [2.05, 4.69) is 10.4 Å². The highest BCUT2D eigenvalue weighted by atomic mass is 35.5. The number of thiazole rings is 1. The number of benzene rings is 1. The highest BCUT2D eigenvalue weighted by Gasteiger charge is 2.12. The molecular weight excluding hydrogens is 242 g/mol. The molecule has 0 aliphatic heterocycles. The van der Waals surface area contributed by atoms with Crippen molar-refractivity contribution in [1.82, 2.24) is 10.4 Å². The van der Waals surface area contributed by atoms with Gasteiger partial charge in [0.25, 0.3) is 0 Å². The number of halogens is 1. The van der Waals surface area contributed by atoms with Crippen molar-refractivity contribution in [1.29, 1.82) is 0 Å². The largest absolute Gasteiger partial charge is 0.271 e. The van der Waals surface area contributed by atoms with Crippen LogP contribution >= 0.6 is 22.9 Å². The summed E-state index contributed by atoms with van der Waals surface area (Å²) in [5.74, 6) is 5.55. The van der Waals surface area contributed by atoms with Crippen LogP contribution in [-0.2, 0) is 6.42 Å². The Morgan fingerprint density at radius 2 is 2.38 bits per heavy atom. The summed E-state index contributed by atoms with van der Waals surface area (Å²) in [5.41, 5.74) is 5.76. The number of nitrogens with one attached hydrogen (secondary N) is 1. The van der Waals surface area contributed by atoms with Crippen LogP contribution in [-0.4, -0.2) is 4.98 Å². The topological polar surface area (TPSA) is 50.9 Å². The maximum atomic E-state index is 5.93. The molecule has 16 heavy (non-hydrogen) atoms. The fourth-order valence-electron chi connectivity index (χ4n) is 1.54. The van der Waals surface area contributed by atoms with Gasteiger partial charge in [0.15, 0.2) is 0 Å². The van der Waals surface area contributed by atoms with Crippen molar-refractivity contribution in [2.24, 2.45) is 5.84 Å². The Balaban J connectivity index is 2.13. The van der Waals surface area contributed by atoms with Gasteiger partial charge in [-0.15, -0.1) is 11.3 Å². The minimum Gasteiger partial charge on any atom is -0.271 e. The minimum atomic E-state index is 0.0889. The van der Waals surface area contributed by atoms with E-state index in [0.717, 1.165) is 21.9 Å². The van der Waals surface area contributed by atoms with Crippen molar-refractivity contribution < 1.29 is 0 Å². The molecule has 2 aromatic rings. The predicted octanol–water partition coefficient (Wildman–Crippen LogP) is 2.54. The second-order valence-electron chi connectivity index (χ2n) is 3.46. The smallest absolute Gasteiger partial charge is 0.0794 e. The molecule has 0 saturated carbocycles. The Morgan fingerprint density at radius 1 is 1.50 bits per heavy atom. The zero-order valence-electron chi connectivity index (χ0n) is 8.56. The first-order chi connectivity index (χ1) is 7.79. The average Bonchev–Trinajstić information content (AvgIpc) is 2.79. The molecule has 1 unspecified atom stereocenters. The van der Waals surface area contributed by atoms with E-state index < -0.39 is 0 Å². The van der Waals surface area contributed by atoms with Gasteiger partial charge in [-0.2, -0.15) is 0 Å². The van der Waals surface area contributed by atoms with Crippen LogP contribution in [0.3, 0.4) is 0 Å². The van der Waals surface area contributed by atoms with Gasteiger partial charge in [0.1, 0.15) is 0 Å². The standard InChI is InChI=1S/C11H12ClN3S/c12-9-3-1-2-8(4-9)5-10(15-13)11-6-14-7-16-11/h1-4,6-7,10,15H,5,13H2. The first-order valence-corrected chi connectivity index (χ1v) is 6.14. The van der Waals surface area contributed by atoms with E-state index in [0.29, 0.717) is 0 Å². The summed E-state index contributed by atoms with van der Waals surface area (Å²) in [4.78, 5) is 5.17. The van der Waals surface area contributed by atoms with Gasteiger partial charge >= 0.3 is 0 Å². The Kier molecular flexibility index (Phi) is 3.90. The van der Waals surface area contributed by atoms with Crippen LogP contribution in [0, 0.1) is 0 Å². The number of rotatable bonds is 4. The van der Waals surface area contributed by atoms with E-state index in [1.165, 1.54) is 0 Å². The first kappa shape index (κ1) is 11.5. The van der Waals surface area contributed by atoms with Crippen molar-refractivity contribution in [3.63, 3.8) is 0 Å². The molecule has 3 N–H and O–H groups in total. The molecule has 3 nitrogen and oxygen atoms in total. The van der Waals surface area contributed by atoms with E-state index in [9.17, 15) is 0 Å². The number of nitrogens with two attached hydrogens (primary N) is 1. The Bertz CT molecular complexity index is 444. The third-order valence-electron chi connectivity index (χ3n) is 2.32. The van der Waals surface area contributed by atoms with Crippen LogP contribution < -0.4 is 11.3 Å². The molecule has 0 bridgehead atoms. The molecule has 1 aromatic carbocycles. The molecule has 84 valence electrons. The molecule has 0 fully saturated rings. The lowest BCUT2D eigenvalue weighted by atomic mass is 10.1. The van der Waals surface area contributed by atoms with Crippen LogP contribution in [0.5, 0.6) is 0 Å². The van der Waals surface area contributed by atoms with E-state index in [4.69, 9.17) is 17.4 Å². The fraction of sp³-hybridized carbons (Fsp3) is 0.182. The van der Waals surface area contributed by atoms with Crippen LogP contribution in [0.1, 0.15) is 16.5 Å². The predicted molar refractivity (Wildman–Crippen MR) is 67.3 cm³/mol. The van der Waals surface area contributed by atoms with Crippen LogP contribution in [0.2, 0.25) is 5.02 Å². The van der Waals surface area contributed by atoms with Gasteiger partial charge in [-0.05, 0) is 24.1 Å². The summed E-state index contributed by atoms with van der Waals surface area (Å²) in [7, 11) is 0. The molecule has 0 saturated heterocycles. The summed E-state index contributed by atoms with van der Waals surface area (Å²) in [6.07, 6.45) is 2.64. The average molecular weight is 254 g/mol. The zero-order chi connectivity index (χ0) is 11.4. The highest BCUT2D eigenvalue weighted by molar-refractivity contribution is 7.09. The summed E-state index contributed by atoms with van der Waals surface area (Å²) >= 11 is 7.53. The van der Waals surface area contributed by atoms with Gasteiger partial charge in [0, 0.05) is 16.1 Å². The number of aromatic nitrogens is 1. The molecule has 0 aliphatic rings. The number of nitrogens with zero attached hydrogens (tertiary/aromatic N) is 1. The normalized spacial score (nSPS) is 12.6. The van der Waals surface area contributed by atoms with Gasteiger partial charge in [-0.3, -0.25) is 16.3 Å². The SMILES string of the molecule is NNC(Cc1cccc(Cl)c1)c1cncs1. The molecular formula is C11H12ClN3S. The van der Waals surface area contributed by atoms with Gasteiger partial charge in [0.2, 0.25) is 0 Å². The second-order valence-corrected chi connectivity index (χ2v) is 4.81. The molecule has 1 atom stereocenters. The maximum Gasteiger partial charge on any atom is 0.0794 e. The third kappa shape index (κ3) is 2.80. The highest BCUT2D eigenvalue weighted by Crippen LogP contribution is 2.22. The summed E-state index contributed by atoms with van der Waals surface area (Å²) in [6.45, 7) is 0. The maximum absolute atomic E-state index is 5.93.